The molecule has 0 spiro atoms. The van der Waals surface area contributed by atoms with Crippen molar-refractivity contribution in [1.29, 1.82) is 0 Å². The molecule has 17 nitrogen and oxygen atoms in total. The Bertz CT molecular complexity index is 1790. The number of unbranched alkanes of at least 4 members (excludes halogenated alkanes) is 46. The van der Waals surface area contributed by atoms with E-state index < -0.39 is 97.5 Å². The summed E-state index contributed by atoms with van der Waals surface area (Å²) >= 11 is 0. The van der Waals surface area contributed by atoms with Crippen molar-refractivity contribution in [2.75, 3.05) is 39.6 Å². The average Bonchev–Trinajstić information content (AvgIpc) is 3.72. The lowest BCUT2D eigenvalue weighted by Gasteiger charge is -2.21. The molecule has 0 saturated carbocycles. The van der Waals surface area contributed by atoms with E-state index in [0.29, 0.717) is 25.7 Å². The van der Waals surface area contributed by atoms with Crippen LogP contribution in [0, 0.1) is 5.92 Å². The number of hydrogen-bond acceptors (Lipinski definition) is 15. The molecule has 0 aromatic heterocycles. The van der Waals surface area contributed by atoms with E-state index in [9.17, 15) is 43.2 Å². The zero-order chi connectivity index (χ0) is 68.4. The summed E-state index contributed by atoms with van der Waals surface area (Å²) in [6, 6.07) is 0. The largest absolute Gasteiger partial charge is 0.472 e. The van der Waals surface area contributed by atoms with Gasteiger partial charge in [0, 0.05) is 25.7 Å². The van der Waals surface area contributed by atoms with Crippen LogP contribution in [0.5, 0.6) is 0 Å². The summed E-state index contributed by atoms with van der Waals surface area (Å²) in [5.41, 5.74) is 0. The van der Waals surface area contributed by atoms with Crippen molar-refractivity contribution < 1.29 is 80.2 Å². The van der Waals surface area contributed by atoms with Gasteiger partial charge in [-0.3, -0.25) is 37.3 Å². The zero-order valence-electron chi connectivity index (χ0n) is 60.4. The van der Waals surface area contributed by atoms with Crippen LogP contribution in [0.3, 0.4) is 0 Å². The molecule has 0 aliphatic heterocycles. The number of esters is 4. The van der Waals surface area contributed by atoms with E-state index in [-0.39, 0.29) is 25.7 Å². The number of phosphoric acid groups is 2. The lowest BCUT2D eigenvalue weighted by molar-refractivity contribution is -0.161. The highest BCUT2D eigenvalue weighted by Gasteiger charge is 2.30. The molecular formula is C74H144O17P2. The smallest absolute Gasteiger partial charge is 0.462 e. The van der Waals surface area contributed by atoms with E-state index in [1.807, 2.05) is 0 Å². The summed E-state index contributed by atoms with van der Waals surface area (Å²) in [5.74, 6) is -1.34. The van der Waals surface area contributed by atoms with Gasteiger partial charge < -0.3 is 33.8 Å². The fourth-order valence-corrected chi connectivity index (χ4v) is 12.9. The van der Waals surface area contributed by atoms with E-state index in [2.05, 4.69) is 34.6 Å². The molecule has 0 aliphatic carbocycles. The second-order valence-corrected chi connectivity index (χ2v) is 30.1. The molecule has 0 aliphatic rings. The first-order valence-corrected chi connectivity index (χ1v) is 41.6. The van der Waals surface area contributed by atoms with E-state index in [1.165, 1.54) is 212 Å². The van der Waals surface area contributed by atoms with E-state index in [4.69, 9.17) is 37.0 Å². The van der Waals surface area contributed by atoms with Gasteiger partial charge in [-0.1, -0.05) is 336 Å². The van der Waals surface area contributed by atoms with E-state index in [0.717, 1.165) is 95.8 Å². The number of hydrogen-bond donors (Lipinski definition) is 3. The van der Waals surface area contributed by atoms with Crippen LogP contribution in [0.1, 0.15) is 388 Å². The molecule has 0 amide bonds. The monoisotopic (exact) mass is 1370 g/mol. The Hall–Kier alpha value is -1.94. The third kappa shape index (κ3) is 68.4. The van der Waals surface area contributed by atoms with Gasteiger partial charge in [-0.25, -0.2) is 9.13 Å². The first-order chi connectivity index (χ1) is 45.0. The van der Waals surface area contributed by atoms with Crippen LogP contribution < -0.4 is 0 Å². The third-order valence-corrected chi connectivity index (χ3v) is 19.2. The zero-order valence-corrected chi connectivity index (χ0v) is 62.2. The average molecular weight is 1370 g/mol. The Morgan fingerprint density at radius 1 is 0.290 bits per heavy atom. The van der Waals surface area contributed by atoms with Crippen LogP contribution in [0.15, 0.2) is 0 Å². The Balaban J connectivity index is 5.25. The fraction of sp³-hybridized carbons (Fsp3) is 0.946. The van der Waals surface area contributed by atoms with Crippen molar-refractivity contribution in [3.05, 3.63) is 0 Å². The van der Waals surface area contributed by atoms with Crippen molar-refractivity contribution in [2.24, 2.45) is 5.92 Å². The molecule has 0 radical (unpaired) electrons. The molecule has 93 heavy (non-hydrogen) atoms. The van der Waals surface area contributed by atoms with Gasteiger partial charge in [-0.05, 0) is 31.6 Å². The third-order valence-electron chi connectivity index (χ3n) is 17.3. The van der Waals surface area contributed by atoms with Crippen molar-refractivity contribution in [2.45, 2.75) is 406 Å². The normalized spacial score (nSPS) is 14.0. The first kappa shape index (κ1) is 91.1. The quantitative estimate of drug-likeness (QED) is 0.0222. The maximum absolute atomic E-state index is 13.1. The van der Waals surface area contributed by atoms with Crippen molar-refractivity contribution in [3.8, 4) is 0 Å². The van der Waals surface area contributed by atoms with Gasteiger partial charge in [-0.2, -0.15) is 0 Å². The predicted octanol–water partition coefficient (Wildman–Crippen LogP) is 21.7. The fourth-order valence-electron chi connectivity index (χ4n) is 11.4. The Morgan fingerprint density at radius 3 is 0.731 bits per heavy atom. The molecule has 0 rings (SSSR count). The topological polar surface area (TPSA) is 237 Å². The Kier molecular flexibility index (Phi) is 65.9. The number of aliphatic hydroxyl groups is 1. The molecule has 0 aromatic rings. The SMILES string of the molecule is CCCCCCCCCCCCCCCCCC(=O)OC[C@H](COP(=O)(O)OC[C@@H](O)COP(=O)(O)OC[C@@H](COC(=O)CCCCCCCCCCCCC)OC(=O)CCCCCCCCCCCCCC)OC(=O)CCCCCCCCCCCCCCC(C)C. The molecule has 0 saturated heterocycles. The molecule has 3 N–H and O–H groups in total. The molecule has 0 heterocycles. The Morgan fingerprint density at radius 2 is 0.495 bits per heavy atom. The second-order valence-electron chi connectivity index (χ2n) is 27.2. The lowest BCUT2D eigenvalue weighted by Crippen LogP contribution is -2.30. The number of rotatable bonds is 74. The van der Waals surface area contributed by atoms with Crippen molar-refractivity contribution >= 4 is 39.5 Å². The second kappa shape index (κ2) is 67.3. The van der Waals surface area contributed by atoms with Crippen LogP contribution in [-0.2, 0) is 65.4 Å². The number of carbonyl (C=O) groups excluding carboxylic acids is 4. The number of carbonyl (C=O) groups is 4. The summed E-state index contributed by atoms with van der Waals surface area (Å²) in [5, 5.41) is 10.6. The van der Waals surface area contributed by atoms with Gasteiger partial charge in [0.1, 0.15) is 19.3 Å². The van der Waals surface area contributed by atoms with Crippen LogP contribution >= 0.6 is 15.6 Å². The first-order valence-electron chi connectivity index (χ1n) is 38.6. The summed E-state index contributed by atoms with van der Waals surface area (Å²) in [7, 11) is -9.91. The number of ether oxygens (including phenoxy) is 4. The van der Waals surface area contributed by atoms with Gasteiger partial charge in [-0.15, -0.1) is 0 Å². The summed E-state index contributed by atoms with van der Waals surface area (Å²) in [6.07, 6.45) is 55.3. The molecule has 2 unspecified atom stereocenters. The minimum absolute atomic E-state index is 0.108. The highest BCUT2D eigenvalue weighted by molar-refractivity contribution is 7.47. The van der Waals surface area contributed by atoms with Gasteiger partial charge in [0.15, 0.2) is 12.2 Å². The van der Waals surface area contributed by atoms with Crippen molar-refractivity contribution in [1.82, 2.24) is 0 Å². The summed E-state index contributed by atoms with van der Waals surface area (Å²) < 4.78 is 68.5. The van der Waals surface area contributed by atoms with Gasteiger partial charge in [0.25, 0.3) is 0 Å². The number of aliphatic hydroxyl groups excluding tert-OH is 1. The van der Waals surface area contributed by atoms with Crippen LogP contribution in [-0.4, -0.2) is 96.7 Å². The summed E-state index contributed by atoms with van der Waals surface area (Å²) in [6.45, 7) is 7.29. The molecule has 0 bridgehead atoms. The molecule has 0 fully saturated rings. The standard InChI is InChI=1S/C74H144O17P2/c1-6-9-12-15-18-21-24-26-27-28-34-38-43-48-53-58-72(77)85-64-70(91-74(79)60-55-50-45-40-35-30-29-32-36-41-46-51-56-67(4)5)66-89-93(82,83)87-62-68(75)61-86-92(80,81)88-65-69(63-84-71(76)57-52-47-42-37-31-23-20-17-14-11-8-3)90-73(78)59-54-49-44-39-33-25-22-19-16-13-10-7-2/h67-70,75H,6-66H2,1-5H3,(H,80,81)(H,82,83)/t68-,69+,70+/m0/s1. The lowest BCUT2D eigenvalue weighted by atomic mass is 10.0. The van der Waals surface area contributed by atoms with Crippen LogP contribution in [0.4, 0.5) is 0 Å². The maximum Gasteiger partial charge on any atom is 0.472 e. The van der Waals surface area contributed by atoms with Crippen LogP contribution in [0.2, 0.25) is 0 Å². The van der Waals surface area contributed by atoms with Crippen LogP contribution in [0.25, 0.3) is 0 Å². The predicted molar refractivity (Wildman–Crippen MR) is 377 cm³/mol. The molecular weight excluding hydrogens is 1220 g/mol. The molecule has 0 aromatic carbocycles. The summed E-state index contributed by atoms with van der Waals surface area (Å²) in [4.78, 5) is 72.7. The Labute approximate surface area is 568 Å². The number of phosphoric ester groups is 2. The molecule has 19 heteroatoms. The van der Waals surface area contributed by atoms with Crippen molar-refractivity contribution in [3.63, 3.8) is 0 Å². The molecule has 552 valence electrons. The van der Waals surface area contributed by atoms with Gasteiger partial charge >= 0.3 is 39.5 Å². The van der Waals surface area contributed by atoms with E-state index >= 15 is 0 Å². The van der Waals surface area contributed by atoms with E-state index in [1.54, 1.807) is 0 Å². The highest BCUT2D eigenvalue weighted by Crippen LogP contribution is 2.45. The van der Waals surface area contributed by atoms with Gasteiger partial charge in [0.2, 0.25) is 0 Å². The van der Waals surface area contributed by atoms with Gasteiger partial charge in [0.05, 0.1) is 26.4 Å². The highest BCUT2D eigenvalue weighted by atomic mass is 31.2. The minimum atomic E-state index is -4.95. The minimum Gasteiger partial charge on any atom is -0.462 e. The molecule has 5 atom stereocenters. The maximum atomic E-state index is 13.1.